The fraction of sp³-hybridized carbons (Fsp3) is 0.636. The number of halogens is 2. The molecule has 166 valence electrons. The Morgan fingerprint density at radius 1 is 1.23 bits per heavy atom. The van der Waals surface area contributed by atoms with Crippen molar-refractivity contribution in [2.45, 2.75) is 68.9 Å². The molecule has 2 saturated carbocycles. The van der Waals surface area contributed by atoms with Gasteiger partial charge in [-0.05, 0) is 62.5 Å². The Bertz CT molecular complexity index is 868. The van der Waals surface area contributed by atoms with Crippen molar-refractivity contribution in [3.05, 3.63) is 30.1 Å². The minimum absolute atomic E-state index is 0.234. The molecule has 3 aliphatic rings. The molecular formula is C22H27F2N5O2. The van der Waals surface area contributed by atoms with Gasteiger partial charge in [-0.15, -0.1) is 0 Å². The van der Waals surface area contributed by atoms with E-state index in [1.54, 1.807) is 4.90 Å². The van der Waals surface area contributed by atoms with Crippen LogP contribution in [0.3, 0.4) is 0 Å². The van der Waals surface area contributed by atoms with Gasteiger partial charge in [0.1, 0.15) is 11.6 Å². The summed E-state index contributed by atoms with van der Waals surface area (Å²) in [6.07, 6.45) is 6.97. The predicted molar refractivity (Wildman–Crippen MR) is 108 cm³/mol. The van der Waals surface area contributed by atoms with E-state index in [0.29, 0.717) is 31.3 Å². The fourth-order valence-electron chi connectivity index (χ4n) is 4.13. The summed E-state index contributed by atoms with van der Waals surface area (Å²) in [5, 5.41) is 14.5. The molecule has 4 rings (SSSR count). The number of carbonyl (C=O) groups is 2. The first-order valence-electron chi connectivity index (χ1n) is 10.8. The maximum atomic E-state index is 14.6. The molecule has 0 aromatic carbocycles. The molecule has 7 nitrogen and oxygen atoms in total. The Labute approximate surface area is 180 Å². The third-order valence-corrected chi connectivity index (χ3v) is 6.84. The second kappa shape index (κ2) is 8.06. The summed E-state index contributed by atoms with van der Waals surface area (Å²) in [7, 11) is 0. The van der Waals surface area contributed by atoms with E-state index in [1.807, 2.05) is 0 Å². The molecule has 1 unspecified atom stereocenters. The van der Waals surface area contributed by atoms with Crippen molar-refractivity contribution in [1.29, 1.82) is 5.26 Å². The topological polar surface area (TPSA) is 98.1 Å². The van der Waals surface area contributed by atoms with E-state index in [9.17, 15) is 23.6 Å². The quantitative estimate of drug-likeness (QED) is 0.693. The van der Waals surface area contributed by atoms with Crippen molar-refractivity contribution in [2.75, 3.05) is 13.1 Å². The van der Waals surface area contributed by atoms with Crippen LogP contribution in [0.4, 0.5) is 13.6 Å². The van der Waals surface area contributed by atoms with Crippen LogP contribution in [0.1, 0.15) is 56.9 Å². The molecule has 2 aliphatic carbocycles. The number of alkyl halides is 2. The van der Waals surface area contributed by atoms with Crippen LogP contribution in [-0.4, -0.2) is 46.5 Å². The van der Waals surface area contributed by atoms with E-state index in [2.05, 4.69) is 21.7 Å². The number of amides is 3. The van der Waals surface area contributed by atoms with Gasteiger partial charge in [0.15, 0.2) is 0 Å². The summed E-state index contributed by atoms with van der Waals surface area (Å²) in [4.78, 5) is 30.9. The summed E-state index contributed by atoms with van der Waals surface area (Å²) in [6, 6.07) is 3.22. The number of nitrogens with one attached hydrogen (secondary N) is 2. The highest BCUT2D eigenvalue weighted by Gasteiger charge is 2.47. The van der Waals surface area contributed by atoms with Crippen LogP contribution in [0.5, 0.6) is 0 Å². The maximum absolute atomic E-state index is 14.6. The van der Waals surface area contributed by atoms with Crippen molar-refractivity contribution in [2.24, 2.45) is 5.41 Å². The Morgan fingerprint density at radius 3 is 2.48 bits per heavy atom. The van der Waals surface area contributed by atoms with E-state index >= 15 is 0 Å². The van der Waals surface area contributed by atoms with E-state index in [0.717, 1.165) is 19.0 Å². The normalized spacial score (nSPS) is 21.6. The first kappa shape index (κ1) is 21.5. The number of hydrogen-bond acceptors (Lipinski definition) is 4. The van der Waals surface area contributed by atoms with Gasteiger partial charge in [0.2, 0.25) is 5.91 Å². The second-order valence-corrected chi connectivity index (χ2v) is 9.16. The van der Waals surface area contributed by atoms with Crippen LogP contribution in [0, 0.1) is 16.7 Å². The Balaban J connectivity index is 1.40. The van der Waals surface area contributed by atoms with Crippen molar-refractivity contribution in [1.82, 2.24) is 20.5 Å². The second-order valence-electron chi connectivity index (χ2n) is 9.16. The molecule has 1 aliphatic heterocycles. The zero-order valence-corrected chi connectivity index (χ0v) is 17.4. The third-order valence-electron chi connectivity index (χ3n) is 6.84. The lowest BCUT2D eigenvalue weighted by Crippen LogP contribution is -2.54. The number of hydrogen-bond donors (Lipinski definition) is 2. The third kappa shape index (κ3) is 4.94. The molecular weight excluding hydrogens is 404 g/mol. The van der Waals surface area contributed by atoms with Gasteiger partial charge in [-0.3, -0.25) is 9.78 Å². The zero-order chi connectivity index (χ0) is 22.1. The van der Waals surface area contributed by atoms with Gasteiger partial charge in [-0.1, -0.05) is 0 Å². The van der Waals surface area contributed by atoms with Crippen LogP contribution in [0.15, 0.2) is 24.5 Å². The molecule has 2 N–H and O–H groups in total. The highest BCUT2D eigenvalue weighted by Crippen LogP contribution is 2.53. The van der Waals surface area contributed by atoms with Crippen LogP contribution in [0.25, 0.3) is 0 Å². The van der Waals surface area contributed by atoms with Gasteiger partial charge >= 0.3 is 6.03 Å². The van der Waals surface area contributed by atoms with E-state index in [1.165, 1.54) is 31.2 Å². The minimum Gasteiger partial charge on any atom is -0.336 e. The summed E-state index contributed by atoms with van der Waals surface area (Å²) in [5.74, 6) is -3.78. The molecule has 1 saturated heterocycles. The molecule has 0 bridgehead atoms. The smallest absolute Gasteiger partial charge is 0.318 e. The number of likely N-dealkylation sites (tertiary alicyclic amines) is 1. The molecule has 1 atom stereocenters. The van der Waals surface area contributed by atoms with Crippen LogP contribution in [-0.2, 0) is 10.7 Å². The monoisotopic (exact) mass is 431 g/mol. The lowest BCUT2D eigenvalue weighted by atomic mass is 9.94. The van der Waals surface area contributed by atoms with Crippen molar-refractivity contribution < 1.29 is 18.4 Å². The van der Waals surface area contributed by atoms with Gasteiger partial charge in [0.05, 0.1) is 6.07 Å². The minimum atomic E-state index is -3.19. The Hall–Kier alpha value is -2.76. The number of rotatable bonds is 7. The zero-order valence-electron chi connectivity index (χ0n) is 17.4. The average Bonchev–Trinajstić information content (AvgIpc) is 3.70. The first-order valence-corrected chi connectivity index (χ1v) is 10.8. The largest absolute Gasteiger partial charge is 0.336 e. The molecule has 31 heavy (non-hydrogen) atoms. The fourth-order valence-corrected chi connectivity index (χ4v) is 4.13. The first-order chi connectivity index (χ1) is 14.8. The molecule has 1 aromatic rings. The molecule has 1 spiro atoms. The summed E-state index contributed by atoms with van der Waals surface area (Å²) in [5.41, 5.74) is -0.776. The van der Waals surface area contributed by atoms with Crippen molar-refractivity contribution in [3.8, 4) is 6.07 Å². The SMILES string of the molecule is N#CC1(NC(=O)C(CCC(F)(F)c2cccnc2)NC(=O)N2CCC3(CC2)CC3)CC1. The summed E-state index contributed by atoms with van der Waals surface area (Å²) in [6.45, 7) is 1.21. The number of aromatic nitrogens is 1. The lowest BCUT2D eigenvalue weighted by molar-refractivity contribution is -0.124. The highest BCUT2D eigenvalue weighted by molar-refractivity contribution is 5.88. The summed E-state index contributed by atoms with van der Waals surface area (Å²) >= 11 is 0. The van der Waals surface area contributed by atoms with Gasteiger partial charge < -0.3 is 15.5 Å². The van der Waals surface area contributed by atoms with Crippen molar-refractivity contribution >= 4 is 11.9 Å². The van der Waals surface area contributed by atoms with Gasteiger partial charge in [0.25, 0.3) is 5.92 Å². The Kier molecular flexibility index (Phi) is 5.58. The molecule has 0 radical (unpaired) electrons. The highest BCUT2D eigenvalue weighted by atomic mass is 19.3. The summed E-state index contributed by atoms with van der Waals surface area (Å²) < 4.78 is 29.3. The number of nitriles is 1. The molecule has 1 aromatic heterocycles. The molecule has 9 heteroatoms. The van der Waals surface area contributed by atoms with E-state index < -0.39 is 35.9 Å². The van der Waals surface area contributed by atoms with Crippen LogP contribution in [0.2, 0.25) is 0 Å². The van der Waals surface area contributed by atoms with Crippen LogP contribution >= 0.6 is 0 Å². The lowest BCUT2D eigenvalue weighted by Gasteiger charge is -2.33. The number of piperidine rings is 1. The average molecular weight is 431 g/mol. The standard InChI is InChI=1S/C22H27F2N5O2/c23-22(24,16-2-1-11-26-14-16)4-3-17(18(30)28-21(15-25)7-8-21)27-19(31)29-12-9-20(5-6-20)10-13-29/h1-2,11,14,17H,3-10,12-13H2,(H,27,31)(H,28,30). The number of carbonyl (C=O) groups excluding carboxylic acids is 2. The van der Waals surface area contributed by atoms with Gasteiger partial charge in [-0.2, -0.15) is 5.26 Å². The molecule has 3 fully saturated rings. The van der Waals surface area contributed by atoms with Crippen molar-refractivity contribution in [3.63, 3.8) is 0 Å². The van der Waals surface area contributed by atoms with E-state index in [-0.39, 0.29) is 12.0 Å². The predicted octanol–water partition coefficient (Wildman–Crippen LogP) is 3.08. The Morgan fingerprint density at radius 2 is 1.94 bits per heavy atom. The molecule has 2 heterocycles. The number of pyridine rings is 1. The number of urea groups is 1. The number of nitrogens with zero attached hydrogens (tertiary/aromatic N) is 3. The van der Waals surface area contributed by atoms with Gasteiger partial charge in [-0.25, -0.2) is 13.6 Å². The maximum Gasteiger partial charge on any atom is 0.318 e. The van der Waals surface area contributed by atoms with E-state index in [4.69, 9.17) is 0 Å². The van der Waals surface area contributed by atoms with Crippen LogP contribution < -0.4 is 10.6 Å². The molecule has 3 amide bonds. The van der Waals surface area contributed by atoms with Gasteiger partial charge in [0, 0.05) is 37.5 Å².